The van der Waals surface area contributed by atoms with E-state index in [1.807, 2.05) is 18.3 Å². The molecule has 1 aromatic heterocycles. The molecule has 1 aliphatic carbocycles. The molecule has 1 atom stereocenters. The second kappa shape index (κ2) is 4.55. The van der Waals surface area contributed by atoms with Crippen molar-refractivity contribution in [3.8, 4) is 0 Å². The van der Waals surface area contributed by atoms with Crippen molar-refractivity contribution in [1.82, 2.24) is 4.98 Å². The molecule has 2 aromatic rings. The SMILES string of the molecule is NC1CC=CC(Cc2c[nH]c3ccc(F)cc23)=C1O. The highest BCUT2D eigenvalue weighted by atomic mass is 19.1. The average molecular weight is 258 g/mol. The van der Waals surface area contributed by atoms with Gasteiger partial charge in [0.1, 0.15) is 11.6 Å². The summed E-state index contributed by atoms with van der Waals surface area (Å²) in [6.45, 7) is 0. The average Bonchev–Trinajstić information content (AvgIpc) is 2.78. The first-order chi connectivity index (χ1) is 9.15. The highest BCUT2D eigenvalue weighted by Crippen LogP contribution is 2.25. The maximum atomic E-state index is 13.3. The summed E-state index contributed by atoms with van der Waals surface area (Å²) in [4.78, 5) is 3.10. The Balaban J connectivity index is 2.00. The van der Waals surface area contributed by atoms with Crippen LogP contribution in [-0.2, 0) is 6.42 Å². The van der Waals surface area contributed by atoms with Crippen LogP contribution in [0.15, 0.2) is 47.9 Å². The number of aliphatic hydroxyl groups excluding tert-OH is 1. The Morgan fingerprint density at radius 2 is 2.26 bits per heavy atom. The van der Waals surface area contributed by atoms with Gasteiger partial charge in [-0.3, -0.25) is 0 Å². The number of hydrogen-bond acceptors (Lipinski definition) is 2. The second-order valence-corrected chi connectivity index (χ2v) is 4.84. The minimum Gasteiger partial charge on any atom is -0.510 e. The number of allylic oxidation sites excluding steroid dienone is 2. The summed E-state index contributed by atoms with van der Waals surface area (Å²) in [6.07, 6.45) is 6.88. The lowest BCUT2D eigenvalue weighted by atomic mass is 9.95. The van der Waals surface area contributed by atoms with Crippen LogP contribution in [0.5, 0.6) is 0 Å². The Morgan fingerprint density at radius 3 is 3.11 bits per heavy atom. The lowest BCUT2D eigenvalue weighted by molar-refractivity contribution is 0.358. The van der Waals surface area contributed by atoms with Gasteiger partial charge in [-0.25, -0.2) is 4.39 Å². The first-order valence-corrected chi connectivity index (χ1v) is 6.25. The fraction of sp³-hybridized carbons (Fsp3) is 0.200. The molecule has 3 rings (SSSR count). The number of hydrogen-bond donors (Lipinski definition) is 3. The third-order valence-electron chi connectivity index (χ3n) is 3.50. The van der Waals surface area contributed by atoms with Crippen molar-refractivity contribution < 1.29 is 9.50 Å². The summed E-state index contributed by atoms with van der Waals surface area (Å²) >= 11 is 0. The third-order valence-corrected chi connectivity index (χ3v) is 3.50. The Bertz CT molecular complexity index is 685. The predicted octanol–water partition coefficient (Wildman–Crippen LogP) is 2.95. The fourth-order valence-corrected chi connectivity index (χ4v) is 2.44. The smallest absolute Gasteiger partial charge is 0.123 e. The van der Waals surface area contributed by atoms with E-state index in [1.54, 1.807) is 6.07 Å². The number of H-pyrrole nitrogens is 1. The van der Waals surface area contributed by atoms with Gasteiger partial charge >= 0.3 is 0 Å². The van der Waals surface area contributed by atoms with Crippen LogP contribution in [0, 0.1) is 5.82 Å². The van der Waals surface area contributed by atoms with Crippen molar-refractivity contribution in [3.05, 3.63) is 59.3 Å². The van der Waals surface area contributed by atoms with Gasteiger partial charge in [-0.15, -0.1) is 0 Å². The zero-order valence-electron chi connectivity index (χ0n) is 10.4. The molecule has 0 saturated heterocycles. The van der Waals surface area contributed by atoms with Crippen LogP contribution in [0.4, 0.5) is 4.39 Å². The fourth-order valence-electron chi connectivity index (χ4n) is 2.44. The van der Waals surface area contributed by atoms with Crippen molar-refractivity contribution in [2.75, 3.05) is 0 Å². The van der Waals surface area contributed by atoms with Gasteiger partial charge in [0, 0.05) is 23.5 Å². The number of halogens is 1. The topological polar surface area (TPSA) is 62.0 Å². The van der Waals surface area contributed by atoms with Crippen LogP contribution in [0.1, 0.15) is 12.0 Å². The Kier molecular flexibility index (Phi) is 2.87. The van der Waals surface area contributed by atoms with Crippen LogP contribution < -0.4 is 5.73 Å². The molecule has 1 heterocycles. The molecule has 0 bridgehead atoms. The predicted molar refractivity (Wildman–Crippen MR) is 73.3 cm³/mol. The molecular weight excluding hydrogens is 243 g/mol. The van der Waals surface area contributed by atoms with E-state index in [4.69, 9.17) is 5.73 Å². The van der Waals surface area contributed by atoms with Gasteiger partial charge in [0.15, 0.2) is 0 Å². The number of aromatic nitrogens is 1. The van der Waals surface area contributed by atoms with Crippen LogP contribution in [0.25, 0.3) is 10.9 Å². The highest BCUT2D eigenvalue weighted by Gasteiger charge is 2.16. The normalized spacial score (nSPS) is 19.4. The molecule has 4 N–H and O–H groups in total. The third kappa shape index (κ3) is 2.15. The van der Waals surface area contributed by atoms with Crippen molar-refractivity contribution >= 4 is 10.9 Å². The van der Waals surface area contributed by atoms with E-state index in [2.05, 4.69) is 4.98 Å². The van der Waals surface area contributed by atoms with Crippen molar-refractivity contribution in [3.63, 3.8) is 0 Å². The monoisotopic (exact) mass is 258 g/mol. The maximum absolute atomic E-state index is 13.3. The van der Waals surface area contributed by atoms with E-state index in [1.165, 1.54) is 12.1 Å². The zero-order chi connectivity index (χ0) is 13.4. The molecule has 0 amide bonds. The largest absolute Gasteiger partial charge is 0.510 e. The number of fused-ring (bicyclic) bond motifs is 1. The van der Waals surface area contributed by atoms with Crippen molar-refractivity contribution in [1.29, 1.82) is 0 Å². The Labute approximate surface area is 110 Å². The standard InChI is InChI=1S/C15H15FN2O/c16-11-4-5-14-12(7-11)10(8-18-14)6-9-2-1-3-13(17)15(9)19/h1-2,4-5,7-8,13,18-19H,3,6,17H2. The number of aliphatic hydroxyl groups is 1. The maximum Gasteiger partial charge on any atom is 0.123 e. The van der Waals surface area contributed by atoms with E-state index in [-0.39, 0.29) is 17.6 Å². The van der Waals surface area contributed by atoms with Gasteiger partial charge in [-0.2, -0.15) is 0 Å². The number of aromatic amines is 1. The molecule has 0 fully saturated rings. The summed E-state index contributed by atoms with van der Waals surface area (Å²) < 4.78 is 13.3. The van der Waals surface area contributed by atoms with Gasteiger partial charge in [-0.1, -0.05) is 12.2 Å². The van der Waals surface area contributed by atoms with E-state index < -0.39 is 0 Å². The lowest BCUT2D eigenvalue weighted by Gasteiger charge is -2.16. The van der Waals surface area contributed by atoms with Crippen LogP contribution >= 0.6 is 0 Å². The summed E-state index contributed by atoms with van der Waals surface area (Å²) in [5, 5.41) is 10.8. The van der Waals surface area contributed by atoms with Crippen LogP contribution in [-0.4, -0.2) is 16.1 Å². The highest BCUT2D eigenvalue weighted by molar-refractivity contribution is 5.83. The minimum absolute atomic E-state index is 0.230. The van der Waals surface area contributed by atoms with Gasteiger partial charge < -0.3 is 15.8 Å². The molecule has 1 aliphatic rings. The minimum atomic E-state index is -0.332. The zero-order valence-corrected chi connectivity index (χ0v) is 10.4. The first kappa shape index (κ1) is 12.0. The molecular formula is C15H15FN2O. The molecule has 0 saturated carbocycles. The quantitative estimate of drug-likeness (QED) is 0.775. The lowest BCUT2D eigenvalue weighted by Crippen LogP contribution is -2.25. The van der Waals surface area contributed by atoms with Crippen LogP contribution in [0.3, 0.4) is 0 Å². The van der Waals surface area contributed by atoms with Gasteiger partial charge in [-0.05, 0) is 35.8 Å². The second-order valence-electron chi connectivity index (χ2n) is 4.84. The van der Waals surface area contributed by atoms with E-state index in [9.17, 15) is 9.50 Å². The summed E-state index contributed by atoms with van der Waals surface area (Å²) in [7, 11) is 0. The first-order valence-electron chi connectivity index (χ1n) is 6.25. The molecule has 0 spiro atoms. The van der Waals surface area contributed by atoms with E-state index in [0.29, 0.717) is 12.8 Å². The van der Waals surface area contributed by atoms with E-state index >= 15 is 0 Å². The summed E-state index contributed by atoms with van der Waals surface area (Å²) in [5.74, 6) is -0.0318. The molecule has 1 unspecified atom stereocenters. The molecule has 0 aliphatic heterocycles. The number of benzene rings is 1. The van der Waals surface area contributed by atoms with Crippen molar-refractivity contribution in [2.24, 2.45) is 5.73 Å². The molecule has 4 heteroatoms. The Hall–Kier alpha value is -2.07. The van der Waals surface area contributed by atoms with Gasteiger partial charge in [0.05, 0.1) is 6.04 Å². The number of nitrogens with one attached hydrogen (secondary N) is 1. The molecule has 0 radical (unpaired) electrons. The molecule has 3 nitrogen and oxygen atoms in total. The Morgan fingerprint density at radius 1 is 1.42 bits per heavy atom. The summed E-state index contributed by atoms with van der Waals surface area (Å²) in [6, 6.07) is 4.31. The van der Waals surface area contributed by atoms with Gasteiger partial charge in [0.2, 0.25) is 0 Å². The van der Waals surface area contributed by atoms with Crippen molar-refractivity contribution in [2.45, 2.75) is 18.9 Å². The molecule has 1 aromatic carbocycles. The van der Waals surface area contributed by atoms with Gasteiger partial charge in [0.25, 0.3) is 0 Å². The summed E-state index contributed by atoms with van der Waals surface area (Å²) in [5.41, 5.74) is 8.45. The molecule has 98 valence electrons. The number of rotatable bonds is 2. The van der Waals surface area contributed by atoms with Crippen LogP contribution in [0.2, 0.25) is 0 Å². The molecule has 19 heavy (non-hydrogen) atoms. The number of nitrogens with two attached hydrogens (primary N) is 1. The van der Waals surface area contributed by atoms with E-state index in [0.717, 1.165) is 22.0 Å².